The topological polar surface area (TPSA) is 32.7 Å². The Kier molecular flexibility index (Phi) is 5.20. The van der Waals surface area contributed by atoms with Crippen molar-refractivity contribution in [2.24, 2.45) is 5.92 Å². The van der Waals surface area contributed by atoms with Gasteiger partial charge in [0, 0.05) is 25.0 Å². The quantitative estimate of drug-likeness (QED) is 0.848. The summed E-state index contributed by atoms with van der Waals surface area (Å²) >= 11 is 0. The molecule has 1 saturated carbocycles. The zero-order valence-corrected chi connectivity index (χ0v) is 15.9. The summed E-state index contributed by atoms with van der Waals surface area (Å²) in [6, 6.07) is 15.2. The molecule has 1 heterocycles. The SMILES string of the molecule is COc1ccc([C@H]2[C@H]3CCCC[C@]3(O)CCN2Cc2cccc(F)c2)cc1. The lowest BCUT2D eigenvalue weighted by Gasteiger charge is -2.52. The van der Waals surface area contributed by atoms with Gasteiger partial charge in [-0.2, -0.15) is 0 Å². The van der Waals surface area contributed by atoms with E-state index < -0.39 is 5.60 Å². The first-order valence-corrected chi connectivity index (χ1v) is 9.94. The zero-order valence-electron chi connectivity index (χ0n) is 15.9. The molecule has 27 heavy (non-hydrogen) atoms. The van der Waals surface area contributed by atoms with E-state index in [-0.39, 0.29) is 17.8 Å². The maximum Gasteiger partial charge on any atom is 0.123 e. The minimum absolute atomic E-state index is 0.137. The van der Waals surface area contributed by atoms with Gasteiger partial charge in [-0.15, -0.1) is 0 Å². The maximum absolute atomic E-state index is 13.7. The van der Waals surface area contributed by atoms with E-state index in [0.717, 1.165) is 50.0 Å². The van der Waals surface area contributed by atoms with Crippen LogP contribution in [0, 0.1) is 11.7 Å². The van der Waals surface area contributed by atoms with Gasteiger partial charge in [-0.05, 0) is 54.7 Å². The number of hydrogen-bond donors (Lipinski definition) is 1. The second-order valence-corrected chi connectivity index (χ2v) is 8.02. The minimum Gasteiger partial charge on any atom is -0.497 e. The third-order valence-electron chi connectivity index (χ3n) is 6.40. The van der Waals surface area contributed by atoms with Gasteiger partial charge < -0.3 is 9.84 Å². The summed E-state index contributed by atoms with van der Waals surface area (Å²) in [5.41, 5.74) is 1.60. The Morgan fingerprint density at radius 2 is 1.96 bits per heavy atom. The van der Waals surface area contributed by atoms with E-state index in [0.29, 0.717) is 6.54 Å². The average Bonchev–Trinajstić information content (AvgIpc) is 2.68. The number of likely N-dealkylation sites (tertiary alicyclic amines) is 1. The van der Waals surface area contributed by atoms with Crippen molar-refractivity contribution >= 4 is 0 Å². The van der Waals surface area contributed by atoms with Crippen LogP contribution in [0.4, 0.5) is 4.39 Å². The Labute approximate surface area is 160 Å². The van der Waals surface area contributed by atoms with E-state index in [2.05, 4.69) is 17.0 Å². The molecule has 0 radical (unpaired) electrons. The van der Waals surface area contributed by atoms with E-state index in [4.69, 9.17) is 4.74 Å². The summed E-state index contributed by atoms with van der Waals surface area (Å²) in [5.74, 6) is 0.853. The van der Waals surface area contributed by atoms with Gasteiger partial charge in [-0.1, -0.05) is 37.1 Å². The number of piperidine rings is 1. The molecule has 1 aliphatic heterocycles. The molecule has 0 amide bonds. The predicted molar refractivity (Wildman–Crippen MR) is 104 cm³/mol. The maximum atomic E-state index is 13.7. The Hall–Kier alpha value is -1.91. The molecule has 1 aliphatic carbocycles. The van der Waals surface area contributed by atoms with E-state index in [1.165, 1.54) is 11.6 Å². The lowest BCUT2D eigenvalue weighted by atomic mass is 9.66. The van der Waals surface area contributed by atoms with Gasteiger partial charge in [0.1, 0.15) is 11.6 Å². The molecule has 0 unspecified atom stereocenters. The minimum atomic E-state index is -0.582. The van der Waals surface area contributed by atoms with Crippen LogP contribution in [0.15, 0.2) is 48.5 Å². The number of aliphatic hydroxyl groups is 1. The van der Waals surface area contributed by atoms with Crippen LogP contribution in [0.3, 0.4) is 0 Å². The Morgan fingerprint density at radius 1 is 1.15 bits per heavy atom. The summed E-state index contributed by atoms with van der Waals surface area (Å²) in [7, 11) is 1.67. The Morgan fingerprint density at radius 3 is 2.70 bits per heavy atom. The van der Waals surface area contributed by atoms with Gasteiger partial charge in [-0.25, -0.2) is 4.39 Å². The fourth-order valence-corrected chi connectivity index (χ4v) is 5.03. The van der Waals surface area contributed by atoms with Crippen molar-refractivity contribution in [1.29, 1.82) is 0 Å². The van der Waals surface area contributed by atoms with E-state index in [9.17, 15) is 9.50 Å². The standard InChI is InChI=1S/C23H28FNO2/c1-27-20-10-8-18(9-11-20)22-21-7-2-3-12-23(21,26)13-14-25(22)16-17-5-4-6-19(24)15-17/h4-6,8-11,15,21-22,26H,2-3,7,12-14,16H2,1H3/t21-,22+,23+/m1/s1. The van der Waals surface area contributed by atoms with Gasteiger partial charge in [0.2, 0.25) is 0 Å². The number of fused-ring (bicyclic) bond motifs is 1. The van der Waals surface area contributed by atoms with E-state index in [1.54, 1.807) is 19.2 Å². The number of rotatable bonds is 4. The van der Waals surface area contributed by atoms with Crippen molar-refractivity contribution < 1.29 is 14.2 Å². The Bertz CT molecular complexity index is 778. The monoisotopic (exact) mass is 369 g/mol. The van der Waals surface area contributed by atoms with Crippen molar-refractivity contribution in [3.63, 3.8) is 0 Å². The average molecular weight is 369 g/mol. The van der Waals surface area contributed by atoms with Crippen LogP contribution in [0.5, 0.6) is 5.75 Å². The number of nitrogens with zero attached hydrogens (tertiary/aromatic N) is 1. The first kappa shape index (κ1) is 18.5. The molecule has 2 fully saturated rings. The lowest BCUT2D eigenvalue weighted by molar-refractivity contribution is -0.126. The molecule has 3 atom stereocenters. The van der Waals surface area contributed by atoms with Crippen LogP contribution in [0.2, 0.25) is 0 Å². The van der Waals surface area contributed by atoms with Crippen LogP contribution in [-0.4, -0.2) is 29.3 Å². The van der Waals surface area contributed by atoms with Gasteiger partial charge in [0.25, 0.3) is 0 Å². The van der Waals surface area contributed by atoms with Crippen LogP contribution in [0.25, 0.3) is 0 Å². The van der Waals surface area contributed by atoms with Crippen LogP contribution < -0.4 is 4.74 Å². The number of ether oxygens (including phenoxy) is 1. The van der Waals surface area contributed by atoms with Gasteiger partial charge in [0.15, 0.2) is 0 Å². The molecular weight excluding hydrogens is 341 g/mol. The van der Waals surface area contributed by atoms with E-state index >= 15 is 0 Å². The predicted octanol–water partition coefficient (Wildman–Crippen LogP) is 4.70. The molecular formula is C23H28FNO2. The highest BCUT2D eigenvalue weighted by molar-refractivity contribution is 5.31. The van der Waals surface area contributed by atoms with Crippen molar-refractivity contribution in [2.45, 2.75) is 50.3 Å². The van der Waals surface area contributed by atoms with Crippen LogP contribution in [0.1, 0.15) is 49.3 Å². The molecule has 3 nitrogen and oxygen atoms in total. The summed E-state index contributed by atoms with van der Waals surface area (Å²) < 4.78 is 19.0. The highest BCUT2D eigenvalue weighted by atomic mass is 19.1. The zero-order chi connectivity index (χ0) is 18.9. The number of halogens is 1. The highest BCUT2D eigenvalue weighted by Crippen LogP contribution is 2.49. The first-order valence-electron chi connectivity index (χ1n) is 9.94. The molecule has 1 saturated heterocycles. The summed E-state index contributed by atoms with van der Waals surface area (Å²) in [4.78, 5) is 2.42. The third-order valence-corrected chi connectivity index (χ3v) is 6.40. The van der Waals surface area contributed by atoms with Crippen LogP contribution >= 0.6 is 0 Å². The molecule has 2 aliphatic rings. The first-order chi connectivity index (χ1) is 13.1. The molecule has 4 rings (SSSR count). The molecule has 144 valence electrons. The normalized spacial score (nSPS) is 28.6. The smallest absolute Gasteiger partial charge is 0.123 e. The third kappa shape index (κ3) is 3.74. The molecule has 1 N–H and O–H groups in total. The van der Waals surface area contributed by atoms with Crippen molar-refractivity contribution in [1.82, 2.24) is 4.90 Å². The number of hydrogen-bond acceptors (Lipinski definition) is 3. The van der Waals surface area contributed by atoms with Gasteiger partial charge in [-0.3, -0.25) is 4.90 Å². The highest BCUT2D eigenvalue weighted by Gasteiger charge is 2.48. The summed E-state index contributed by atoms with van der Waals surface area (Å²) in [5, 5.41) is 11.3. The second-order valence-electron chi connectivity index (χ2n) is 8.02. The van der Waals surface area contributed by atoms with Crippen LogP contribution in [-0.2, 0) is 6.54 Å². The Balaban J connectivity index is 1.67. The molecule has 0 bridgehead atoms. The summed E-state index contributed by atoms with van der Waals surface area (Å²) in [6.07, 6.45) is 4.98. The fourth-order valence-electron chi connectivity index (χ4n) is 5.03. The fraction of sp³-hybridized carbons (Fsp3) is 0.478. The van der Waals surface area contributed by atoms with Gasteiger partial charge in [0.05, 0.1) is 12.7 Å². The molecule has 0 aromatic heterocycles. The second kappa shape index (κ2) is 7.61. The van der Waals surface area contributed by atoms with Crippen molar-refractivity contribution in [3.8, 4) is 5.75 Å². The lowest BCUT2D eigenvalue weighted by Crippen LogP contribution is -2.54. The van der Waals surface area contributed by atoms with Crippen molar-refractivity contribution in [2.75, 3.05) is 13.7 Å². The van der Waals surface area contributed by atoms with Crippen molar-refractivity contribution in [3.05, 3.63) is 65.5 Å². The molecule has 2 aromatic rings. The van der Waals surface area contributed by atoms with E-state index in [1.807, 2.05) is 18.2 Å². The largest absolute Gasteiger partial charge is 0.497 e. The molecule has 4 heteroatoms. The molecule has 0 spiro atoms. The molecule has 2 aromatic carbocycles. The number of methoxy groups -OCH3 is 1. The number of benzene rings is 2. The van der Waals surface area contributed by atoms with Gasteiger partial charge >= 0.3 is 0 Å². The summed E-state index contributed by atoms with van der Waals surface area (Å²) in [6.45, 7) is 1.52.